The second kappa shape index (κ2) is 5.75. The number of carbonyl (C=O) groups excluding carboxylic acids is 1. The minimum Gasteiger partial charge on any atom is -0.459 e. The molecule has 4 bridgehead atoms. The summed E-state index contributed by atoms with van der Waals surface area (Å²) in [6, 6.07) is 0. The van der Waals surface area contributed by atoms with Gasteiger partial charge in [0, 0.05) is 6.42 Å². The summed E-state index contributed by atoms with van der Waals surface area (Å²) in [5.41, 5.74) is -1.34. The van der Waals surface area contributed by atoms with Gasteiger partial charge in [-0.2, -0.15) is 0 Å². The third-order valence-electron chi connectivity index (χ3n) is 7.22. The molecule has 4 atom stereocenters. The summed E-state index contributed by atoms with van der Waals surface area (Å²) in [4.78, 5) is 13.1. The van der Waals surface area contributed by atoms with E-state index in [0.29, 0.717) is 24.2 Å². The summed E-state index contributed by atoms with van der Waals surface area (Å²) >= 11 is 0. The molecule has 4 aliphatic rings. The summed E-state index contributed by atoms with van der Waals surface area (Å²) in [5.74, 6) is 1.41. The van der Waals surface area contributed by atoms with Crippen molar-refractivity contribution >= 4 is 5.97 Å². The standard InChI is InChI=1S/C20H34O3/c1-5-7-18(4,14(3)6-2)17(21)23-20-11-15-8-16(12-20)10-19(22,9-15)13-20/h14-16,22H,5-13H2,1-4H3. The number of ether oxygens (including phenoxy) is 1. The van der Waals surface area contributed by atoms with Crippen LogP contribution >= 0.6 is 0 Å². The first-order valence-electron chi connectivity index (χ1n) is 9.70. The monoisotopic (exact) mass is 322 g/mol. The minimum absolute atomic E-state index is 0.0146. The number of hydrogen-bond donors (Lipinski definition) is 1. The fraction of sp³-hybridized carbons (Fsp3) is 0.950. The van der Waals surface area contributed by atoms with Crippen molar-refractivity contribution in [2.75, 3.05) is 0 Å². The average Bonchev–Trinajstić information content (AvgIpc) is 2.43. The van der Waals surface area contributed by atoms with Gasteiger partial charge in [-0.05, 0) is 63.2 Å². The number of hydrogen-bond acceptors (Lipinski definition) is 3. The van der Waals surface area contributed by atoms with Crippen molar-refractivity contribution in [2.45, 2.75) is 96.7 Å². The maximum absolute atomic E-state index is 13.1. The SMILES string of the molecule is CCCC(C)(C(=O)OC12CC3CC(CC(O)(C3)C1)C2)C(C)CC. The average molecular weight is 322 g/mol. The lowest BCUT2D eigenvalue weighted by Gasteiger charge is -2.59. The highest BCUT2D eigenvalue weighted by atomic mass is 16.6. The van der Waals surface area contributed by atoms with Crippen LogP contribution in [0.1, 0.15) is 85.5 Å². The lowest BCUT2D eigenvalue weighted by atomic mass is 9.52. The second-order valence-electron chi connectivity index (χ2n) is 9.23. The fourth-order valence-electron chi connectivity index (χ4n) is 6.08. The van der Waals surface area contributed by atoms with E-state index in [1.165, 1.54) is 6.42 Å². The molecule has 0 aromatic rings. The van der Waals surface area contributed by atoms with Gasteiger partial charge in [0.2, 0.25) is 0 Å². The normalized spacial score (nSPS) is 42.3. The highest BCUT2D eigenvalue weighted by Crippen LogP contribution is 2.59. The Morgan fingerprint density at radius 1 is 1.26 bits per heavy atom. The van der Waals surface area contributed by atoms with Gasteiger partial charge in [0.25, 0.3) is 0 Å². The molecule has 3 nitrogen and oxygen atoms in total. The zero-order valence-corrected chi connectivity index (χ0v) is 15.4. The van der Waals surface area contributed by atoms with Crippen LogP contribution in [-0.4, -0.2) is 22.3 Å². The highest BCUT2D eigenvalue weighted by molar-refractivity contribution is 5.77. The molecule has 0 radical (unpaired) electrons. The van der Waals surface area contributed by atoms with Crippen LogP contribution in [0.25, 0.3) is 0 Å². The molecule has 3 heteroatoms. The van der Waals surface area contributed by atoms with Crippen molar-refractivity contribution in [3.8, 4) is 0 Å². The van der Waals surface area contributed by atoms with Gasteiger partial charge in [0.15, 0.2) is 0 Å². The summed E-state index contributed by atoms with van der Waals surface area (Å²) < 4.78 is 6.26. The molecule has 4 unspecified atom stereocenters. The predicted molar refractivity (Wildman–Crippen MR) is 90.9 cm³/mol. The van der Waals surface area contributed by atoms with Crippen LogP contribution in [-0.2, 0) is 9.53 Å². The first-order chi connectivity index (χ1) is 10.7. The number of aliphatic hydroxyl groups is 1. The lowest BCUT2D eigenvalue weighted by molar-refractivity contribution is -0.227. The molecule has 0 aliphatic heterocycles. The Labute approximate surface area is 141 Å². The Hall–Kier alpha value is -0.570. The van der Waals surface area contributed by atoms with Gasteiger partial charge in [0.1, 0.15) is 5.60 Å². The zero-order valence-electron chi connectivity index (χ0n) is 15.4. The molecule has 0 spiro atoms. The summed E-state index contributed by atoms with van der Waals surface area (Å²) in [6.45, 7) is 8.55. The molecular weight excluding hydrogens is 288 g/mol. The van der Waals surface area contributed by atoms with Crippen LogP contribution in [0.5, 0.6) is 0 Å². The van der Waals surface area contributed by atoms with Crippen molar-refractivity contribution in [3.63, 3.8) is 0 Å². The molecule has 0 aromatic carbocycles. The summed E-state index contributed by atoms with van der Waals surface area (Å²) in [5, 5.41) is 10.9. The molecule has 0 aromatic heterocycles. The second-order valence-corrected chi connectivity index (χ2v) is 9.23. The number of esters is 1. The van der Waals surface area contributed by atoms with Crippen LogP contribution in [0.15, 0.2) is 0 Å². The van der Waals surface area contributed by atoms with E-state index in [1.54, 1.807) is 0 Å². The van der Waals surface area contributed by atoms with Crippen molar-refractivity contribution in [1.82, 2.24) is 0 Å². The molecule has 23 heavy (non-hydrogen) atoms. The third kappa shape index (κ3) is 2.94. The van der Waals surface area contributed by atoms with E-state index in [9.17, 15) is 9.90 Å². The molecule has 0 amide bonds. The van der Waals surface area contributed by atoms with E-state index in [0.717, 1.165) is 44.9 Å². The summed E-state index contributed by atoms with van der Waals surface area (Å²) in [7, 11) is 0. The molecule has 0 heterocycles. The smallest absolute Gasteiger partial charge is 0.312 e. The first kappa shape index (κ1) is 17.3. The number of rotatable bonds is 6. The van der Waals surface area contributed by atoms with Gasteiger partial charge in [0.05, 0.1) is 11.0 Å². The Morgan fingerprint density at radius 2 is 1.87 bits per heavy atom. The quantitative estimate of drug-likeness (QED) is 0.734. The van der Waals surface area contributed by atoms with Crippen molar-refractivity contribution < 1.29 is 14.6 Å². The molecule has 132 valence electrons. The van der Waals surface area contributed by atoms with E-state index in [2.05, 4.69) is 27.7 Å². The predicted octanol–water partition coefficient (Wildman–Crippen LogP) is 4.47. The van der Waals surface area contributed by atoms with Gasteiger partial charge in [-0.25, -0.2) is 0 Å². The molecule has 4 aliphatic carbocycles. The van der Waals surface area contributed by atoms with Gasteiger partial charge in [-0.1, -0.05) is 33.6 Å². The molecule has 0 saturated heterocycles. The first-order valence-corrected chi connectivity index (χ1v) is 9.70. The van der Waals surface area contributed by atoms with E-state index >= 15 is 0 Å². The fourth-order valence-corrected chi connectivity index (χ4v) is 6.08. The Bertz CT molecular complexity index is 458. The van der Waals surface area contributed by atoms with Crippen LogP contribution in [0.2, 0.25) is 0 Å². The van der Waals surface area contributed by atoms with Crippen molar-refractivity contribution in [1.29, 1.82) is 0 Å². The number of carbonyl (C=O) groups is 1. The molecule has 4 rings (SSSR count). The van der Waals surface area contributed by atoms with Crippen LogP contribution in [0.3, 0.4) is 0 Å². The maximum Gasteiger partial charge on any atom is 0.312 e. The van der Waals surface area contributed by atoms with Crippen molar-refractivity contribution in [2.24, 2.45) is 23.2 Å². The Kier molecular flexibility index (Phi) is 4.32. The lowest BCUT2D eigenvalue weighted by Crippen LogP contribution is -2.61. The van der Waals surface area contributed by atoms with E-state index in [4.69, 9.17) is 4.74 Å². The topological polar surface area (TPSA) is 46.5 Å². The minimum atomic E-state index is -0.568. The summed E-state index contributed by atoms with van der Waals surface area (Å²) in [6.07, 6.45) is 8.54. The Morgan fingerprint density at radius 3 is 2.35 bits per heavy atom. The van der Waals surface area contributed by atoms with E-state index in [1.807, 2.05) is 0 Å². The van der Waals surface area contributed by atoms with E-state index in [-0.39, 0.29) is 11.6 Å². The van der Waals surface area contributed by atoms with Gasteiger partial charge < -0.3 is 9.84 Å². The van der Waals surface area contributed by atoms with E-state index < -0.39 is 11.0 Å². The van der Waals surface area contributed by atoms with Crippen LogP contribution < -0.4 is 0 Å². The Balaban J connectivity index is 1.79. The van der Waals surface area contributed by atoms with Gasteiger partial charge in [-0.15, -0.1) is 0 Å². The van der Waals surface area contributed by atoms with Crippen molar-refractivity contribution in [3.05, 3.63) is 0 Å². The maximum atomic E-state index is 13.1. The third-order valence-corrected chi connectivity index (χ3v) is 7.22. The zero-order chi connectivity index (χ0) is 16.9. The van der Waals surface area contributed by atoms with Crippen LogP contribution in [0.4, 0.5) is 0 Å². The molecule has 4 fully saturated rings. The van der Waals surface area contributed by atoms with Crippen LogP contribution in [0, 0.1) is 23.2 Å². The van der Waals surface area contributed by atoms with Gasteiger partial charge in [-0.3, -0.25) is 4.79 Å². The molecular formula is C20H34O3. The highest BCUT2D eigenvalue weighted by Gasteiger charge is 2.60. The largest absolute Gasteiger partial charge is 0.459 e. The van der Waals surface area contributed by atoms with Gasteiger partial charge >= 0.3 is 5.97 Å². The molecule has 4 saturated carbocycles. The molecule has 1 N–H and O–H groups in total.